The van der Waals surface area contributed by atoms with Gasteiger partial charge in [-0.05, 0) is 58.4 Å². The molecular weight excluding hydrogens is 1050 g/mol. The zero-order chi connectivity index (χ0) is 50.3. The van der Waals surface area contributed by atoms with Gasteiger partial charge in [0.15, 0.2) is 0 Å². The van der Waals surface area contributed by atoms with Gasteiger partial charge in [0, 0.05) is 4.47 Å². The second-order valence-electron chi connectivity index (χ2n) is 13.3. The van der Waals surface area contributed by atoms with E-state index in [4.69, 9.17) is 0 Å². The van der Waals surface area contributed by atoms with Gasteiger partial charge in [0.05, 0.1) is 66.5 Å². The molecule has 0 spiro atoms. The molecule has 1 aliphatic heterocycles. The van der Waals surface area contributed by atoms with Crippen molar-refractivity contribution in [2.24, 2.45) is 0 Å². The highest BCUT2D eigenvalue weighted by atomic mass is 79.9. The van der Waals surface area contributed by atoms with Crippen molar-refractivity contribution in [3.8, 4) is 0 Å². The van der Waals surface area contributed by atoms with Gasteiger partial charge in [-0.25, -0.2) is 0 Å². The predicted octanol–water partition coefficient (Wildman–Crippen LogP) is 10.2. The molecule has 0 amide bonds. The fraction of sp³-hybridized carbons (Fsp3) is 0.375. The van der Waals surface area contributed by atoms with Crippen LogP contribution in [0, 0.1) is 0 Å². The second-order valence-corrected chi connectivity index (χ2v) is 14.2. The van der Waals surface area contributed by atoms with E-state index in [1.807, 2.05) is 0 Å². The first kappa shape index (κ1) is 51.1. The lowest BCUT2D eigenvalue weighted by Crippen LogP contribution is -2.54. The number of aromatic amines is 4. The Morgan fingerprint density at radius 3 is 0.815 bits per heavy atom. The summed E-state index contributed by atoms with van der Waals surface area (Å²) in [6.45, 7) is 0. The van der Waals surface area contributed by atoms with Gasteiger partial charge >= 0.3 is 72.1 Å². The standard InChI is InChI=1S/C32H11BrF28N4/c33-8-7-15-18(23(38,39)27(46,47)31(56,57)58)13-4-3-11(63-13)16(21(34,35)25(42,43)29(50,51)52)9-1-2-10(62-9)17(22(36,37)26(44,45)30(53,54)55)12-5-6-14(64-12)19(20(8)65-15)24(40,41)28(48,49)32(59,60)61/h1-7,62-65H. The third-order valence-electron chi connectivity index (χ3n) is 9.22. The van der Waals surface area contributed by atoms with Gasteiger partial charge in [0.25, 0.3) is 0 Å². The molecule has 0 radical (unpaired) electrons. The zero-order valence-electron chi connectivity index (χ0n) is 29.5. The Bertz CT molecular complexity index is 2750. The first-order valence-corrected chi connectivity index (χ1v) is 16.8. The summed E-state index contributed by atoms with van der Waals surface area (Å²) in [5.41, 5.74) is -21.7. The fourth-order valence-electron chi connectivity index (χ4n) is 6.06. The molecule has 8 bridgehead atoms. The summed E-state index contributed by atoms with van der Waals surface area (Å²) in [6.07, 6.45) is -29.8. The Kier molecular flexibility index (Phi) is 11.4. The lowest BCUT2D eigenvalue weighted by molar-refractivity contribution is -0.339. The minimum absolute atomic E-state index is 0.432. The average molecular weight is 1060 g/mol. The van der Waals surface area contributed by atoms with Crippen LogP contribution >= 0.6 is 15.9 Å². The summed E-state index contributed by atoms with van der Waals surface area (Å²) in [4.78, 5) is 4.01. The summed E-state index contributed by atoms with van der Waals surface area (Å²) in [5, 5.41) is -9.25. The van der Waals surface area contributed by atoms with Gasteiger partial charge < -0.3 is 19.9 Å². The third-order valence-corrected chi connectivity index (χ3v) is 9.85. The summed E-state index contributed by atoms with van der Waals surface area (Å²) in [6, 6.07) is -3.05. The SMILES string of the molecule is FC(F)(F)C(F)(F)C(F)(F)C1=c2ccc([nH]2)=C(C(F)(F)C(F)(F)C(F)(F)F)c2ccc([nH]2)C(C(F)(F)C(F)(F)C(F)(F)F)=c2[nH]c(cc2Br)=C(C(F)(F)C(F)(F)C(F)(F)F)c2ccc1[nH]2. The van der Waals surface area contributed by atoms with E-state index in [-0.39, 0.29) is 0 Å². The molecule has 33 heteroatoms. The van der Waals surface area contributed by atoms with Crippen molar-refractivity contribution in [1.29, 1.82) is 0 Å². The molecule has 0 saturated heterocycles. The number of hydrogen-bond donors (Lipinski definition) is 4. The van der Waals surface area contributed by atoms with E-state index in [0.717, 1.165) is 19.9 Å². The molecule has 1 aliphatic rings. The van der Waals surface area contributed by atoms with Crippen LogP contribution in [0.5, 0.6) is 0 Å². The highest BCUT2D eigenvalue weighted by molar-refractivity contribution is 9.10. The van der Waals surface area contributed by atoms with Gasteiger partial charge in [-0.2, -0.15) is 123 Å². The molecule has 4 aromatic rings. The summed E-state index contributed by atoms with van der Waals surface area (Å²) >= 11 is 2.11. The summed E-state index contributed by atoms with van der Waals surface area (Å²) in [5.74, 6) is -58.1. The highest BCUT2D eigenvalue weighted by Gasteiger charge is 2.78. The van der Waals surface area contributed by atoms with Gasteiger partial charge in [-0.1, -0.05) is 0 Å². The van der Waals surface area contributed by atoms with Gasteiger partial charge in [-0.3, -0.25) is 0 Å². The molecule has 0 unspecified atom stereocenters. The second kappa shape index (κ2) is 14.6. The number of alkyl halides is 28. The average Bonchev–Trinajstić information content (AvgIpc) is 3.93. The topological polar surface area (TPSA) is 63.2 Å². The zero-order valence-corrected chi connectivity index (χ0v) is 31.1. The number of halogens is 29. The van der Waals surface area contributed by atoms with Gasteiger partial charge in [0.1, 0.15) is 0 Å². The fourth-order valence-corrected chi connectivity index (χ4v) is 6.58. The van der Waals surface area contributed by atoms with E-state index in [2.05, 4.69) is 15.9 Å². The van der Waals surface area contributed by atoms with Crippen LogP contribution in [0.3, 0.4) is 0 Å². The Morgan fingerprint density at radius 2 is 0.538 bits per heavy atom. The van der Waals surface area contributed by atoms with E-state index >= 15 is 35.1 Å². The highest BCUT2D eigenvalue weighted by Crippen LogP contribution is 2.56. The quantitative estimate of drug-likeness (QED) is 0.127. The molecule has 65 heavy (non-hydrogen) atoms. The number of fused-ring (bicyclic) bond motifs is 8. The maximum absolute atomic E-state index is 15.8. The van der Waals surface area contributed by atoms with E-state index in [1.165, 1.54) is 0 Å². The molecule has 5 rings (SSSR count). The van der Waals surface area contributed by atoms with Crippen LogP contribution in [0.25, 0.3) is 22.3 Å². The molecule has 4 nitrogen and oxygen atoms in total. The lowest BCUT2D eigenvalue weighted by Gasteiger charge is -2.30. The van der Waals surface area contributed by atoms with Crippen LogP contribution in [0.4, 0.5) is 123 Å². The van der Waals surface area contributed by atoms with E-state index < -0.39 is 185 Å². The molecule has 0 fully saturated rings. The molecule has 0 aromatic carbocycles. The minimum Gasteiger partial charge on any atom is -0.355 e. The Balaban J connectivity index is 2.21. The number of aromatic nitrogens is 4. The first-order valence-electron chi connectivity index (χ1n) is 16.0. The summed E-state index contributed by atoms with van der Waals surface area (Å²) in [7, 11) is 0. The number of hydrogen-bond acceptors (Lipinski definition) is 0. The maximum atomic E-state index is 15.8. The van der Waals surface area contributed by atoms with Crippen LogP contribution in [-0.2, 0) is 0 Å². The van der Waals surface area contributed by atoms with Crippen LogP contribution in [-0.4, -0.2) is 92.0 Å². The normalized spacial score (nSPS) is 16.3. The molecule has 0 saturated carbocycles. The van der Waals surface area contributed by atoms with Gasteiger partial charge in [-0.15, -0.1) is 0 Å². The summed E-state index contributed by atoms with van der Waals surface area (Å²) < 4.78 is 403. The molecular formula is C32H11BrF28N4. The van der Waals surface area contributed by atoms with Gasteiger partial charge in [0.2, 0.25) is 0 Å². The van der Waals surface area contributed by atoms with E-state index in [0.29, 0.717) is 0 Å². The van der Waals surface area contributed by atoms with Crippen molar-refractivity contribution >= 4 is 38.2 Å². The van der Waals surface area contributed by atoms with Crippen molar-refractivity contribution in [2.45, 2.75) is 72.1 Å². The van der Waals surface area contributed by atoms with Crippen LogP contribution in [0.15, 0.2) is 46.9 Å². The smallest absolute Gasteiger partial charge is 0.355 e. The number of rotatable bonds is 8. The van der Waals surface area contributed by atoms with Crippen molar-refractivity contribution in [2.75, 3.05) is 0 Å². The third kappa shape index (κ3) is 7.34. The number of nitrogens with one attached hydrogen (secondary N) is 4. The number of H-pyrrole nitrogens is 4. The van der Waals surface area contributed by atoms with Crippen LogP contribution in [0.1, 0.15) is 22.8 Å². The molecule has 0 atom stereocenters. The van der Waals surface area contributed by atoms with Crippen molar-refractivity contribution in [3.05, 3.63) is 91.1 Å². The predicted molar refractivity (Wildman–Crippen MR) is 163 cm³/mol. The molecule has 4 aromatic heterocycles. The minimum atomic E-state index is -7.51. The van der Waals surface area contributed by atoms with E-state index in [9.17, 15) is 87.8 Å². The van der Waals surface area contributed by atoms with E-state index in [1.54, 1.807) is 0 Å². The first-order chi connectivity index (χ1) is 28.8. The van der Waals surface area contributed by atoms with Crippen LogP contribution in [0.2, 0.25) is 0 Å². The van der Waals surface area contributed by atoms with Crippen molar-refractivity contribution < 1.29 is 123 Å². The monoisotopic (exact) mass is 1060 g/mol. The van der Waals surface area contributed by atoms with Crippen LogP contribution < -0.4 is 21.4 Å². The maximum Gasteiger partial charge on any atom is 0.460 e. The molecule has 0 aliphatic carbocycles. The Hall–Kier alpha value is -4.88. The molecule has 4 N–H and O–H groups in total. The molecule has 362 valence electrons. The van der Waals surface area contributed by atoms with Crippen molar-refractivity contribution in [3.63, 3.8) is 0 Å². The lowest BCUT2D eigenvalue weighted by atomic mass is 9.98. The van der Waals surface area contributed by atoms with Crippen molar-refractivity contribution in [1.82, 2.24) is 19.9 Å². The Labute approximate surface area is 344 Å². The Morgan fingerprint density at radius 1 is 0.292 bits per heavy atom. The largest absolute Gasteiger partial charge is 0.460 e. The molecule has 5 heterocycles.